The summed E-state index contributed by atoms with van der Waals surface area (Å²) in [6, 6.07) is 5.89. The van der Waals surface area contributed by atoms with Crippen molar-refractivity contribution in [2.45, 2.75) is 66.0 Å². The lowest BCUT2D eigenvalue weighted by atomic mass is 10.0. The Morgan fingerprint density at radius 1 is 0.677 bits per heavy atom. The summed E-state index contributed by atoms with van der Waals surface area (Å²) in [7, 11) is 0. The summed E-state index contributed by atoms with van der Waals surface area (Å²) in [5.74, 6) is -0.0974. The molecule has 1 amide bonds. The molecule has 0 aliphatic carbocycles. The normalized spacial score (nSPS) is 12.8. The fourth-order valence-electron chi connectivity index (χ4n) is 5.87. The number of fused-ring (bicyclic) bond motifs is 1. The van der Waals surface area contributed by atoms with Crippen LogP contribution in [0.5, 0.6) is 0 Å². The molecule has 19 heteroatoms. The lowest BCUT2D eigenvalue weighted by Gasteiger charge is -2.21. The highest BCUT2D eigenvalue weighted by atomic mass is 16.7. The Morgan fingerprint density at radius 2 is 1.15 bits per heavy atom. The number of aliphatic imine (C=N–C) groups is 1. The number of ether oxygens (including phenoxy) is 11. The van der Waals surface area contributed by atoms with E-state index in [1.165, 1.54) is 5.06 Å². The number of nitrogens with two attached hydrogens (primary N) is 1. The van der Waals surface area contributed by atoms with Crippen molar-refractivity contribution in [3.8, 4) is 11.1 Å². The van der Waals surface area contributed by atoms with Crippen LogP contribution < -0.4 is 5.73 Å². The fourth-order valence-corrected chi connectivity index (χ4v) is 5.87. The van der Waals surface area contributed by atoms with Crippen LogP contribution in [-0.4, -0.2) is 183 Å². The zero-order chi connectivity index (χ0) is 46.8. The number of hydroxylamine groups is 2. The first kappa shape index (κ1) is 55.5. The van der Waals surface area contributed by atoms with E-state index in [4.69, 9.17) is 62.7 Å². The number of carbonyl (C=O) groups excluding carboxylic acids is 2. The van der Waals surface area contributed by atoms with Crippen molar-refractivity contribution in [3.63, 3.8) is 0 Å². The Kier molecular flexibility index (Phi) is 29.4. The van der Waals surface area contributed by atoms with Crippen molar-refractivity contribution in [2.24, 2.45) is 10.7 Å². The van der Waals surface area contributed by atoms with Gasteiger partial charge in [0, 0.05) is 35.9 Å². The first-order chi connectivity index (χ1) is 31.6. The molecule has 1 aromatic carbocycles. The van der Waals surface area contributed by atoms with Crippen LogP contribution >= 0.6 is 0 Å². The van der Waals surface area contributed by atoms with Crippen LogP contribution in [0.2, 0.25) is 0 Å². The highest BCUT2D eigenvalue weighted by Gasteiger charge is 2.22. The minimum atomic E-state index is -0.483. The molecular weight excluding hydrogens is 847 g/mol. The highest BCUT2D eigenvalue weighted by Crippen LogP contribution is 2.32. The maximum atomic E-state index is 13.2. The van der Waals surface area contributed by atoms with Crippen molar-refractivity contribution in [1.82, 2.24) is 14.8 Å². The molecular formula is C46H75N5O14. The van der Waals surface area contributed by atoms with Crippen molar-refractivity contribution in [1.29, 1.82) is 0 Å². The number of amidine groups is 1. The molecule has 0 fully saturated rings. The van der Waals surface area contributed by atoms with E-state index in [0.29, 0.717) is 169 Å². The second kappa shape index (κ2) is 34.4. The van der Waals surface area contributed by atoms with Gasteiger partial charge in [0.2, 0.25) is 0 Å². The topological polar surface area (TPSA) is 204 Å². The van der Waals surface area contributed by atoms with Gasteiger partial charge >= 0.3 is 5.97 Å². The molecule has 1 aliphatic heterocycles. The Hall–Kier alpha value is -3.86. The van der Waals surface area contributed by atoms with Crippen molar-refractivity contribution < 1.29 is 66.5 Å². The predicted octanol–water partition coefficient (Wildman–Crippen LogP) is 4.41. The lowest BCUT2D eigenvalue weighted by Crippen LogP contribution is -2.34. The smallest absolute Gasteiger partial charge is 0.308 e. The molecule has 0 atom stereocenters. The maximum Gasteiger partial charge on any atom is 0.308 e. The molecule has 0 bridgehead atoms. The molecule has 3 rings (SSSR count). The molecule has 1 aliphatic rings. The summed E-state index contributed by atoms with van der Waals surface area (Å²) in [4.78, 5) is 35.0. The minimum Gasteiger partial charge on any atom is -0.460 e. The molecule has 65 heavy (non-hydrogen) atoms. The maximum absolute atomic E-state index is 13.2. The molecule has 2 N–H and O–H groups in total. The fraction of sp³-hybridized carbons (Fsp3) is 0.696. The van der Waals surface area contributed by atoms with E-state index >= 15 is 0 Å². The van der Waals surface area contributed by atoms with Crippen LogP contribution in [0.25, 0.3) is 17.2 Å². The van der Waals surface area contributed by atoms with Crippen molar-refractivity contribution in [2.75, 3.05) is 145 Å². The summed E-state index contributed by atoms with van der Waals surface area (Å²) in [6.45, 7) is 20.1. The zero-order valence-corrected chi connectivity index (χ0v) is 39.4. The number of aromatic nitrogens is 2. The van der Waals surface area contributed by atoms with E-state index in [1.54, 1.807) is 6.20 Å². The quantitative estimate of drug-likeness (QED) is 0.0560. The van der Waals surface area contributed by atoms with Crippen LogP contribution in [-0.2, 0) is 73.1 Å². The van der Waals surface area contributed by atoms with E-state index in [-0.39, 0.29) is 24.7 Å². The standard InChI is InChI=1S/C46H75N5O14/c1-6-11-51(64-7-2)45(53)40-33-39-9-8-38(34-42(39)49-43(47)35-40)41-36-48-50(37-41)12-14-55-16-18-57-20-22-59-24-26-61-28-30-63-32-31-62-29-27-60-25-23-58-21-19-56-17-15-54-13-10-44(52)65-46(3,4)5/h8-9,33-34,36-37H,6-7,10-32,35H2,1-5H3,(H2,47,49). The number of carbonyl (C=O) groups is 2. The summed E-state index contributed by atoms with van der Waals surface area (Å²) in [5.41, 5.74) is 9.70. The van der Waals surface area contributed by atoms with Crippen LogP contribution in [0, 0.1) is 0 Å². The summed E-state index contributed by atoms with van der Waals surface area (Å²) in [6.07, 6.45) is 6.87. The molecule has 0 radical (unpaired) electrons. The molecule has 368 valence electrons. The molecule has 2 aromatic rings. The van der Waals surface area contributed by atoms with Gasteiger partial charge in [0.25, 0.3) is 5.91 Å². The van der Waals surface area contributed by atoms with Gasteiger partial charge in [-0.3, -0.25) is 19.1 Å². The third-order valence-corrected chi connectivity index (χ3v) is 8.86. The Labute approximate surface area is 385 Å². The molecule has 19 nitrogen and oxygen atoms in total. The van der Waals surface area contributed by atoms with Crippen LogP contribution in [0.15, 0.2) is 41.2 Å². The van der Waals surface area contributed by atoms with Crippen LogP contribution in [0.1, 0.15) is 59.4 Å². The van der Waals surface area contributed by atoms with E-state index in [1.807, 2.05) is 69.8 Å². The number of benzene rings is 1. The lowest BCUT2D eigenvalue weighted by molar-refractivity contribution is -0.180. The number of rotatable bonds is 39. The Balaban J connectivity index is 1.05. The number of esters is 1. The number of hydrogen-bond donors (Lipinski definition) is 1. The molecule has 2 heterocycles. The summed E-state index contributed by atoms with van der Waals surface area (Å²) < 4.78 is 62.3. The van der Waals surface area contributed by atoms with E-state index in [0.717, 1.165) is 23.1 Å². The van der Waals surface area contributed by atoms with Gasteiger partial charge in [-0.2, -0.15) is 5.10 Å². The monoisotopic (exact) mass is 922 g/mol. The third kappa shape index (κ3) is 26.2. The van der Waals surface area contributed by atoms with Crippen LogP contribution in [0.4, 0.5) is 5.69 Å². The average molecular weight is 922 g/mol. The van der Waals surface area contributed by atoms with Gasteiger partial charge in [0.05, 0.1) is 164 Å². The van der Waals surface area contributed by atoms with E-state index < -0.39 is 5.60 Å². The first-order valence-electron chi connectivity index (χ1n) is 22.7. The molecule has 0 spiro atoms. The van der Waals surface area contributed by atoms with Crippen LogP contribution in [0.3, 0.4) is 0 Å². The van der Waals surface area contributed by atoms with Gasteiger partial charge in [0.15, 0.2) is 0 Å². The molecule has 0 saturated carbocycles. The number of amides is 1. The Morgan fingerprint density at radius 3 is 1.62 bits per heavy atom. The van der Waals surface area contributed by atoms with Gasteiger partial charge in [-0.05, 0) is 51.8 Å². The zero-order valence-electron chi connectivity index (χ0n) is 39.4. The van der Waals surface area contributed by atoms with Crippen molar-refractivity contribution in [3.05, 3.63) is 41.7 Å². The summed E-state index contributed by atoms with van der Waals surface area (Å²) in [5, 5.41) is 5.89. The first-order valence-corrected chi connectivity index (χ1v) is 22.7. The molecule has 1 aromatic heterocycles. The van der Waals surface area contributed by atoms with Gasteiger partial charge in [0.1, 0.15) is 11.4 Å². The summed E-state index contributed by atoms with van der Waals surface area (Å²) >= 11 is 0. The van der Waals surface area contributed by atoms with Gasteiger partial charge in [-0.15, -0.1) is 0 Å². The third-order valence-electron chi connectivity index (χ3n) is 8.86. The SMILES string of the molecule is CCCN(OCC)C(=O)C1=Cc2ccc(-c3cnn(CCOCCOCCOCCOCCOCCOCCOCCOCCOCCOCCC(=O)OC(C)(C)C)c3)cc2N=C(N)C1. The Bertz CT molecular complexity index is 1640. The number of nitrogens with zero attached hydrogens (tertiary/aromatic N) is 4. The predicted molar refractivity (Wildman–Crippen MR) is 244 cm³/mol. The van der Waals surface area contributed by atoms with Gasteiger partial charge < -0.3 is 57.8 Å². The highest BCUT2D eigenvalue weighted by molar-refractivity contribution is 6.05. The molecule has 0 unspecified atom stereocenters. The molecule has 0 saturated heterocycles. The van der Waals surface area contributed by atoms with E-state index in [2.05, 4.69) is 10.1 Å². The average Bonchev–Trinajstić information content (AvgIpc) is 3.68. The minimum absolute atomic E-state index is 0.197. The second-order valence-corrected chi connectivity index (χ2v) is 15.5. The second-order valence-electron chi connectivity index (χ2n) is 15.5. The number of hydrogen-bond acceptors (Lipinski definition) is 17. The van der Waals surface area contributed by atoms with Gasteiger partial charge in [-0.1, -0.05) is 19.1 Å². The largest absolute Gasteiger partial charge is 0.460 e. The van der Waals surface area contributed by atoms with E-state index in [9.17, 15) is 9.59 Å². The van der Waals surface area contributed by atoms with Gasteiger partial charge in [-0.25, -0.2) is 10.1 Å². The van der Waals surface area contributed by atoms with Crippen molar-refractivity contribution >= 4 is 29.5 Å².